The van der Waals surface area contributed by atoms with E-state index in [2.05, 4.69) is 5.32 Å². The van der Waals surface area contributed by atoms with Gasteiger partial charge in [-0.3, -0.25) is 19.3 Å². The van der Waals surface area contributed by atoms with Crippen LogP contribution < -0.4 is 11.1 Å². The number of piperazine rings is 1. The Bertz CT molecular complexity index is 1370. The van der Waals surface area contributed by atoms with E-state index in [0.717, 1.165) is 15.4 Å². The normalized spacial score (nSPS) is 20.8. The number of fused-ring (bicyclic) bond motifs is 1. The minimum absolute atomic E-state index is 0.0366. The van der Waals surface area contributed by atoms with Gasteiger partial charge >= 0.3 is 18.4 Å². The summed E-state index contributed by atoms with van der Waals surface area (Å²) in [6, 6.07) is 7.28. The van der Waals surface area contributed by atoms with E-state index in [1.54, 1.807) is 30.3 Å². The van der Waals surface area contributed by atoms with Crippen LogP contribution in [0.15, 0.2) is 48.5 Å². The van der Waals surface area contributed by atoms with Crippen LogP contribution in [-0.4, -0.2) is 76.4 Å². The molecule has 0 aliphatic carbocycles. The first-order chi connectivity index (χ1) is 20.6. The largest absolute Gasteiger partial charge is 0.444 e. The Morgan fingerprint density at radius 1 is 0.932 bits per heavy atom. The number of alkyl halides is 6. The summed E-state index contributed by atoms with van der Waals surface area (Å²) in [6.45, 7) is -0.0396. The van der Waals surface area contributed by atoms with E-state index in [-0.39, 0.29) is 32.1 Å². The average Bonchev–Trinajstić information content (AvgIpc) is 2.95. The molecule has 2 fully saturated rings. The monoisotopic (exact) mass is 629 g/mol. The Labute approximate surface area is 247 Å². The summed E-state index contributed by atoms with van der Waals surface area (Å²) in [6.07, 6.45) is -12.6. The van der Waals surface area contributed by atoms with E-state index in [9.17, 15) is 45.5 Å². The molecule has 0 spiro atoms. The molecule has 0 aromatic heterocycles. The fourth-order valence-electron chi connectivity index (χ4n) is 5.16. The molecule has 2 aliphatic rings. The first kappa shape index (κ1) is 32.6. The van der Waals surface area contributed by atoms with Crippen molar-refractivity contribution in [2.45, 2.75) is 57.1 Å². The van der Waals surface area contributed by atoms with E-state index in [1.807, 2.05) is 0 Å². The van der Waals surface area contributed by atoms with Crippen LogP contribution in [0, 0.1) is 0 Å². The lowest BCUT2D eigenvalue weighted by Gasteiger charge is -2.52. The van der Waals surface area contributed by atoms with Gasteiger partial charge in [0, 0.05) is 19.5 Å². The van der Waals surface area contributed by atoms with Crippen molar-refractivity contribution in [3.05, 3.63) is 70.8 Å². The third kappa shape index (κ3) is 7.23. The second-order valence-electron chi connectivity index (χ2n) is 10.4. The zero-order chi connectivity index (χ0) is 32.4. The number of halogens is 6. The summed E-state index contributed by atoms with van der Waals surface area (Å²) < 4.78 is 85.1. The predicted molar refractivity (Wildman–Crippen MR) is 141 cm³/mol. The fourth-order valence-corrected chi connectivity index (χ4v) is 5.16. The summed E-state index contributed by atoms with van der Waals surface area (Å²) >= 11 is 0. The van der Waals surface area contributed by atoms with Gasteiger partial charge in [0.1, 0.15) is 24.9 Å². The topological polar surface area (TPSA) is 125 Å². The van der Waals surface area contributed by atoms with E-state index in [0.29, 0.717) is 12.1 Å². The number of carbonyl (C=O) groups is 4. The summed E-state index contributed by atoms with van der Waals surface area (Å²) in [5, 5.41) is 2.46. The molecule has 2 aliphatic heterocycles. The van der Waals surface area contributed by atoms with Crippen molar-refractivity contribution in [2.75, 3.05) is 19.6 Å². The first-order valence-corrected chi connectivity index (χ1v) is 13.5. The van der Waals surface area contributed by atoms with Gasteiger partial charge in [-0.15, -0.1) is 0 Å². The van der Waals surface area contributed by atoms with Gasteiger partial charge < -0.3 is 25.6 Å². The molecule has 3 N–H and O–H groups in total. The molecule has 4 amide bonds. The van der Waals surface area contributed by atoms with Gasteiger partial charge in [-0.1, -0.05) is 30.3 Å². The van der Waals surface area contributed by atoms with Crippen LogP contribution in [0.1, 0.15) is 35.6 Å². The highest BCUT2D eigenvalue weighted by atomic mass is 19.4. The van der Waals surface area contributed by atoms with Gasteiger partial charge in [0.2, 0.25) is 17.7 Å². The number of amides is 4. The maximum absolute atomic E-state index is 13.4. The summed E-state index contributed by atoms with van der Waals surface area (Å²) in [4.78, 5) is 56.0. The van der Waals surface area contributed by atoms with Gasteiger partial charge in [0.05, 0.1) is 24.2 Å². The zero-order valence-corrected chi connectivity index (χ0v) is 23.3. The highest BCUT2D eigenvalue weighted by Crippen LogP contribution is 2.36. The van der Waals surface area contributed by atoms with Crippen molar-refractivity contribution in [2.24, 2.45) is 5.73 Å². The van der Waals surface area contributed by atoms with Gasteiger partial charge in [-0.2, -0.15) is 26.3 Å². The second kappa shape index (κ2) is 12.7. The van der Waals surface area contributed by atoms with Crippen molar-refractivity contribution < 1.29 is 50.3 Å². The van der Waals surface area contributed by atoms with Gasteiger partial charge in [-0.25, -0.2) is 4.79 Å². The maximum atomic E-state index is 13.4. The minimum Gasteiger partial charge on any atom is -0.444 e. The Kier molecular flexibility index (Phi) is 9.41. The molecule has 10 nitrogen and oxygen atoms in total. The molecule has 4 rings (SSSR count). The second-order valence-corrected chi connectivity index (χ2v) is 10.4. The standard InChI is InChI=1S/C28H29F6N5O5/c1-16-24(41)37(12-17-5-3-2-4-6-17)14-23-38(13-21(25(42)39(16)23)36-22(40)7-8-35)26(43)44-15-18-9-19(27(29,30)31)11-20(10-18)28(32,33)34/h2-6,9-11,16,21,23H,7-8,12-15,35H2,1H3,(H,36,40)/t16-,21?,23?/m0/s1. The molecule has 44 heavy (non-hydrogen) atoms. The van der Waals surface area contributed by atoms with E-state index in [4.69, 9.17) is 10.5 Å². The van der Waals surface area contributed by atoms with Crippen LogP contribution in [0.2, 0.25) is 0 Å². The molecule has 3 atom stereocenters. The lowest BCUT2D eigenvalue weighted by Crippen LogP contribution is -2.75. The van der Waals surface area contributed by atoms with Crippen molar-refractivity contribution in [3.63, 3.8) is 0 Å². The van der Waals surface area contributed by atoms with Crippen LogP contribution in [0.25, 0.3) is 0 Å². The molecule has 2 saturated heterocycles. The highest BCUT2D eigenvalue weighted by molar-refractivity contribution is 5.94. The van der Waals surface area contributed by atoms with Gasteiger partial charge in [-0.05, 0) is 36.2 Å². The van der Waals surface area contributed by atoms with Gasteiger partial charge in [0.25, 0.3) is 0 Å². The third-order valence-corrected chi connectivity index (χ3v) is 7.25. The summed E-state index contributed by atoms with van der Waals surface area (Å²) in [7, 11) is 0. The lowest BCUT2D eigenvalue weighted by atomic mass is 10.0. The molecule has 0 saturated carbocycles. The lowest BCUT2D eigenvalue weighted by molar-refractivity contribution is -0.170. The van der Waals surface area contributed by atoms with Crippen LogP contribution >= 0.6 is 0 Å². The first-order valence-electron chi connectivity index (χ1n) is 13.5. The molecular weight excluding hydrogens is 600 g/mol. The average molecular weight is 630 g/mol. The van der Waals surface area contributed by atoms with Crippen molar-refractivity contribution in [3.8, 4) is 0 Å². The number of nitrogens with one attached hydrogen (secondary N) is 1. The molecule has 2 unspecified atom stereocenters. The van der Waals surface area contributed by atoms with Crippen molar-refractivity contribution in [1.29, 1.82) is 0 Å². The number of ether oxygens (including phenoxy) is 1. The minimum atomic E-state index is -5.10. The Morgan fingerprint density at radius 3 is 2.11 bits per heavy atom. The molecule has 2 aromatic carbocycles. The van der Waals surface area contributed by atoms with E-state index < -0.39 is 84.3 Å². The maximum Gasteiger partial charge on any atom is 0.416 e. The molecule has 2 aromatic rings. The SMILES string of the molecule is C[C@H]1C(=O)N(Cc2ccccc2)CC2N(C(=O)OCc3cc(C(F)(F)F)cc(C(F)(F)F)c3)CC(NC(=O)CCN)C(=O)N21. The number of hydrogen-bond donors (Lipinski definition) is 2. The van der Waals surface area contributed by atoms with Crippen molar-refractivity contribution in [1.82, 2.24) is 20.0 Å². The van der Waals surface area contributed by atoms with Crippen LogP contribution in [0.5, 0.6) is 0 Å². The fraction of sp³-hybridized carbons (Fsp3) is 0.429. The molecule has 0 bridgehead atoms. The number of carbonyl (C=O) groups excluding carboxylic acids is 4. The molecule has 0 radical (unpaired) electrons. The highest BCUT2D eigenvalue weighted by Gasteiger charge is 2.51. The van der Waals surface area contributed by atoms with Gasteiger partial charge in [0.15, 0.2) is 0 Å². The quantitative estimate of drug-likeness (QED) is 0.454. The summed E-state index contributed by atoms with van der Waals surface area (Å²) in [5.74, 6) is -1.70. The number of rotatable bonds is 7. The number of nitrogens with two attached hydrogens (primary N) is 1. The number of hydrogen-bond acceptors (Lipinski definition) is 6. The van der Waals surface area contributed by atoms with E-state index in [1.165, 1.54) is 11.8 Å². The Morgan fingerprint density at radius 2 is 1.55 bits per heavy atom. The zero-order valence-electron chi connectivity index (χ0n) is 23.3. The molecule has 238 valence electrons. The molecular formula is C28H29F6N5O5. The molecule has 2 heterocycles. The smallest absolute Gasteiger partial charge is 0.416 e. The third-order valence-electron chi connectivity index (χ3n) is 7.25. The van der Waals surface area contributed by atoms with Crippen LogP contribution in [0.4, 0.5) is 31.1 Å². The summed E-state index contributed by atoms with van der Waals surface area (Å²) in [5.41, 5.74) is 2.44. The predicted octanol–water partition coefficient (Wildman–Crippen LogP) is 3.10. The van der Waals surface area contributed by atoms with Crippen molar-refractivity contribution >= 4 is 23.8 Å². The number of nitrogens with zero attached hydrogens (tertiary/aromatic N) is 3. The number of benzene rings is 2. The van der Waals surface area contributed by atoms with Crippen LogP contribution in [0.3, 0.4) is 0 Å². The van der Waals surface area contributed by atoms with Crippen LogP contribution in [-0.2, 0) is 44.6 Å². The van der Waals surface area contributed by atoms with E-state index >= 15 is 0 Å². The Hall–Kier alpha value is -4.34. The Balaban J connectivity index is 1.62. The molecule has 16 heteroatoms.